The molecule has 0 saturated heterocycles. The zero-order valence-electron chi connectivity index (χ0n) is 14.4. The number of hydrogen-bond acceptors (Lipinski definition) is 2. The van der Waals surface area contributed by atoms with Gasteiger partial charge < -0.3 is 15.5 Å². The van der Waals surface area contributed by atoms with Gasteiger partial charge in [0.25, 0.3) is 0 Å². The first-order valence-corrected chi connectivity index (χ1v) is 8.58. The van der Waals surface area contributed by atoms with Crippen LogP contribution in [-0.4, -0.2) is 50.1 Å². The molecule has 0 amide bonds. The van der Waals surface area contributed by atoms with Crippen LogP contribution in [0.5, 0.6) is 0 Å². The number of likely N-dealkylation sites (N-methyl/N-ethyl adjacent to an activating group) is 1. The van der Waals surface area contributed by atoms with Gasteiger partial charge in [0.1, 0.15) is 0 Å². The van der Waals surface area contributed by atoms with E-state index in [1.807, 2.05) is 0 Å². The van der Waals surface area contributed by atoms with E-state index in [0.717, 1.165) is 58.1 Å². The van der Waals surface area contributed by atoms with Gasteiger partial charge >= 0.3 is 0 Å². The Kier molecular flexibility index (Phi) is 10.1. The molecule has 0 heterocycles. The van der Waals surface area contributed by atoms with Crippen LogP contribution in [0.2, 0.25) is 0 Å². The summed E-state index contributed by atoms with van der Waals surface area (Å²) in [7, 11) is 0. The summed E-state index contributed by atoms with van der Waals surface area (Å²) in [6.45, 7) is 12.5. The number of aryl methyl sites for hydroxylation is 1. The highest BCUT2D eigenvalue weighted by molar-refractivity contribution is 5.79. The van der Waals surface area contributed by atoms with Crippen LogP contribution in [0.25, 0.3) is 0 Å². The largest absolute Gasteiger partial charge is 0.357 e. The number of nitrogens with one attached hydrogen (secondary N) is 2. The first kappa shape index (κ1) is 18.5. The molecule has 0 unspecified atom stereocenters. The minimum atomic E-state index is 0.857. The van der Waals surface area contributed by atoms with E-state index in [-0.39, 0.29) is 0 Å². The molecule has 0 aliphatic heterocycles. The summed E-state index contributed by atoms with van der Waals surface area (Å²) in [5, 5.41) is 6.73. The highest BCUT2D eigenvalue weighted by Crippen LogP contribution is 2.02. The fraction of sp³-hybridized carbons (Fsp3) is 0.611. The molecule has 0 radical (unpaired) electrons. The predicted molar refractivity (Wildman–Crippen MR) is 96.5 cm³/mol. The molecule has 0 fully saturated rings. The molecule has 4 nitrogen and oxygen atoms in total. The third kappa shape index (κ3) is 8.03. The average molecular weight is 304 g/mol. The molecule has 0 saturated carbocycles. The SMILES string of the molecule is CCNC(=NCCCc1ccccc1)NCCN(CC)CC. The van der Waals surface area contributed by atoms with Crippen LogP contribution in [0.3, 0.4) is 0 Å². The van der Waals surface area contributed by atoms with Gasteiger partial charge in [-0.2, -0.15) is 0 Å². The van der Waals surface area contributed by atoms with Crippen molar-refractivity contribution < 1.29 is 0 Å². The average Bonchev–Trinajstić information content (AvgIpc) is 2.56. The zero-order valence-corrected chi connectivity index (χ0v) is 14.4. The third-order valence-corrected chi connectivity index (χ3v) is 3.70. The fourth-order valence-electron chi connectivity index (χ4n) is 2.33. The molecule has 1 aromatic carbocycles. The summed E-state index contributed by atoms with van der Waals surface area (Å²) in [6, 6.07) is 10.6. The Morgan fingerprint density at radius 3 is 2.41 bits per heavy atom. The monoisotopic (exact) mass is 304 g/mol. The van der Waals surface area contributed by atoms with Crippen molar-refractivity contribution in [1.82, 2.24) is 15.5 Å². The second-order valence-electron chi connectivity index (χ2n) is 5.30. The van der Waals surface area contributed by atoms with E-state index >= 15 is 0 Å². The maximum absolute atomic E-state index is 4.65. The highest BCUT2D eigenvalue weighted by Gasteiger charge is 2.00. The molecule has 4 heteroatoms. The first-order valence-electron chi connectivity index (χ1n) is 8.58. The highest BCUT2D eigenvalue weighted by atomic mass is 15.2. The second-order valence-corrected chi connectivity index (χ2v) is 5.30. The fourth-order valence-corrected chi connectivity index (χ4v) is 2.33. The molecule has 2 N–H and O–H groups in total. The molecule has 0 atom stereocenters. The maximum Gasteiger partial charge on any atom is 0.191 e. The van der Waals surface area contributed by atoms with Gasteiger partial charge in [0, 0.05) is 26.2 Å². The lowest BCUT2D eigenvalue weighted by atomic mass is 10.1. The number of aliphatic imine (C=N–C) groups is 1. The Morgan fingerprint density at radius 1 is 1.05 bits per heavy atom. The van der Waals surface area contributed by atoms with E-state index in [1.54, 1.807) is 0 Å². The van der Waals surface area contributed by atoms with Gasteiger partial charge in [-0.3, -0.25) is 4.99 Å². The van der Waals surface area contributed by atoms with Crippen molar-refractivity contribution in [2.75, 3.05) is 39.3 Å². The quantitative estimate of drug-likeness (QED) is 0.396. The van der Waals surface area contributed by atoms with Gasteiger partial charge in [0.15, 0.2) is 5.96 Å². The molecule has 0 aromatic heterocycles. The Balaban J connectivity index is 2.28. The molecule has 1 aromatic rings. The summed E-state index contributed by atoms with van der Waals surface area (Å²) in [6.07, 6.45) is 2.17. The minimum Gasteiger partial charge on any atom is -0.357 e. The van der Waals surface area contributed by atoms with E-state index in [4.69, 9.17) is 0 Å². The van der Waals surface area contributed by atoms with Crippen molar-refractivity contribution in [2.45, 2.75) is 33.6 Å². The molecule has 124 valence electrons. The maximum atomic E-state index is 4.65. The molecule has 0 spiro atoms. The number of nitrogens with zero attached hydrogens (tertiary/aromatic N) is 2. The molecule has 1 rings (SSSR count). The lowest BCUT2D eigenvalue weighted by molar-refractivity contribution is 0.308. The van der Waals surface area contributed by atoms with Gasteiger partial charge in [0.2, 0.25) is 0 Å². The second kappa shape index (κ2) is 12.0. The van der Waals surface area contributed by atoms with E-state index in [1.165, 1.54) is 5.56 Å². The Morgan fingerprint density at radius 2 is 1.77 bits per heavy atom. The molecule has 0 aliphatic carbocycles. The summed E-state index contributed by atoms with van der Waals surface area (Å²) < 4.78 is 0. The van der Waals surface area contributed by atoms with Crippen LogP contribution in [0, 0.1) is 0 Å². The number of rotatable bonds is 10. The Hall–Kier alpha value is -1.55. The van der Waals surface area contributed by atoms with Crippen molar-refractivity contribution in [3.8, 4) is 0 Å². The number of benzene rings is 1. The van der Waals surface area contributed by atoms with Gasteiger partial charge in [0.05, 0.1) is 0 Å². The van der Waals surface area contributed by atoms with Crippen LogP contribution >= 0.6 is 0 Å². The zero-order chi connectivity index (χ0) is 16.0. The van der Waals surface area contributed by atoms with Gasteiger partial charge in [-0.1, -0.05) is 44.2 Å². The van der Waals surface area contributed by atoms with E-state index in [9.17, 15) is 0 Å². The van der Waals surface area contributed by atoms with Crippen molar-refractivity contribution in [3.63, 3.8) is 0 Å². The third-order valence-electron chi connectivity index (χ3n) is 3.70. The van der Waals surface area contributed by atoms with Crippen LogP contribution < -0.4 is 10.6 Å². The Labute approximate surface area is 136 Å². The molecule has 0 bridgehead atoms. The Bertz CT molecular complexity index is 399. The lowest BCUT2D eigenvalue weighted by Crippen LogP contribution is -2.41. The number of guanidine groups is 1. The molecular formula is C18H32N4. The van der Waals surface area contributed by atoms with Crippen molar-refractivity contribution in [3.05, 3.63) is 35.9 Å². The summed E-state index contributed by atoms with van der Waals surface area (Å²) >= 11 is 0. The van der Waals surface area contributed by atoms with Crippen LogP contribution in [0.4, 0.5) is 0 Å². The van der Waals surface area contributed by atoms with Crippen LogP contribution in [0.15, 0.2) is 35.3 Å². The normalized spacial score (nSPS) is 11.7. The standard InChI is InChI=1S/C18H32N4/c1-4-19-18(21-15-16-22(5-2)6-3)20-14-10-13-17-11-8-7-9-12-17/h7-9,11-12H,4-6,10,13-16H2,1-3H3,(H2,19,20,21). The molecule has 22 heavy (non-hydrogen) atoms. The topological polar surface area (TPSA) is 39.7 Å². The minimum absolute atomic E-state index is 0.857. The lowest BCUT2D eigenvalue weighted by Gasteiger charge is -2.19. The first-order chi connectivity index (χ1) is 10.8. The predicted octanol–water partition coefficient (Wildman–Crippen LogP) is 2.52. The van der Waals surface area contributed by atoms with Crippen LogP contribution in [0.1, 0.15) is 32.8 Å². The number of hydrogen-bond donors (Lipinski definition) is 2. The summed E-state index contributed by atoms with van der Waals surface area (Å²) in [5.41, 5.74) is 1.39. The van der Waals surface area contributed by atoms with Gasteiger partial charge in [-0.05, 0) is 38.4 Å². The van der Waals surface area contributed by atoms with Gasteiger partial charge in [-0.15, -0.1) is 0 Å². The van der Waals surface area contributed by atoms with Crippen molar-refractivity contribution >= 4 is 5.96 Å². The molecular weight excluding hydrogens is 272 g/mol. The van der Waals surface area contributed by atoms with E-state index in [0.29, 0.717) is 0 Å². The van der Waals surface area contributed by atoms with Gasteiger partial charge in [-0.25, -0.2) is 0 Å². The van der Waals surface area contributed by atoms with E-state index in [2.05, 4.69) is 71.6 Å². The summed E-state index contributed by atoms with van der Waals surface area (Å²) in [5.74, 6) is 0.933. The smallest absolute Gasteiger partial charge is 0.191 e. The molecule has 0 aliphatic rings. The summed E-state index contributed by atoms with van der Waals surface area (Å²) in [4.78, 5) is 7.06. The van der Waals surface area contributed by atoms with Crippen molar-refractivity contribution in [2.24, 2.45) is 4.99 Å². The van der Waals surface area contributed by atoms with Crippen molar-refractivity contribution in [1.29, 1.82) is 0 Å². The van der Waals surface area contributed by atoms with E-state index < -0.39 is 0 Å². The van der Waals surface area contributed by atoms with Crippen LogP contribution in [-0.2, 0) is 6.42 Å².